The van der Waals surface area contributed by atoms with Crippen molar-refractivity contribution >= 4 is 15.7 Å². The van der Waals surface area contributed by atoms with Crippen LogP contribution in [0, 0.1) is 23.6 Å². The molecule has 3 atom stereocenters. The molecule has 0 aliphatic carbocycles. The second-order valence-electron chi connectivity index (χ2n) is 8.32. The molecule has 0 aromatic heterocycles. The fourth-order valence-corrected chi connectivity index (χ4v) is 6.49. The molecule has 0 spiro atoms. The van der Waals surface area contributed by atoms with Gasteiger partial charge < -0.3 is 10.4 Å². The molecule has 5 nitrogen and oxygen atoms in total. The summed E-state index contributed by atoms with van der Waals surface area (Å²) in [5.74, 6) is 5.63. The summed E-state index contributed by atoms with van der Waals surface area (Å²) in [6, 6.07) is 19.5. The van der Waals surface area contributed by atoms with Crippen molar-refractivity contribution in [1.82, 2.24) is 4.31 Å². The molecular formula is C26H23FN2O3S. The number of nitrogens with one attached hydrogen (secondary N) is 1. The molecule has 0 bridgehead atoms. The van der Waals surface area contributed by atoms with Gasteiger partial charge in [0.15, 0.2) is 0 Å². The quantitative estimate of drug-likeness (QED) is 0.582. The molecule has 0 saturated carbocycles. The molecule has 33 heavy (non-hydrogen) atoms. The molecule has 2 N–H and O–H groups in total. The van der Waals surface area contributed by atoms with Crippen LogP contribution in [0.3, 0.4) is 0 Å². The molecule has 7 heteroatoms. The number of hydrogen-bond acceptors (Lipinski definition) is 4. The van der Waals surface area contributed by atoms with Crippen LogP contribution in [0.5, 0.6) is 0 Å². The molecule has 5 rings (SSSR count). The molecule has 3 aromatic rings. The van der Waals surface area contributed by atoms with Crippen LogP contribution < -0.4 is 5.32 Å². The second kappa shape index (κ2) is 8.64. The van der Waals surface area contributed by atoms with Crippen molar-refractivity contribution in [1.29, 1.82) is 0 Å². The lowest BCUT2D eigenvalue weighted by Crippen LogP contribution is -2.42. The number of sulfonamides is 1. The number of hydrogen-bond donors (Lipinski definition) is 2. The van der Waals surface area contributed by atoms with E-state index in [0.717, 1.165) is 11.3 Å². The Morgan fingerprint density at radius 1 is 1.00 bits per heavy atom. The van der Waals surface area contributed by atoms with Crippen LogP contribution in [0.25, 0.3) is 0 Å². The fourth-order valence-electron chi connectivity index (χ4n) is 4.81. The third-order valence-electron chi connectivity index (χ3n) is 6.35. The number of halogens is 1. The molecule has 1 fully saturated rings. The van der Waals surface area contributed by atoms with Gasteiger partial charge in [0, 0.05) is 29.3 Å². The maximum Gasteiger partial charge on any atom is 0.243 e. The largest absolute Gasteiger partial charge is 0.394 e. The van der Waals surface area contributed by atoms with Crippen LogP contribution in [0.2, 0.25) is 0 Å². The van der Waals surface area contributed by atoms with E-state index in [1.807, 2.05) is 18.2 Å². The lowest BCUT2D eigenvalue weighted by atomic mass is 9.83. The van der Waals surface area contributed by atoms with Crippen LogP contribution in [0.15, 0.2) is 77.7 Å². The Morgan fingerprint density at radius 2 is 1.76 bits per heavy atom. The summed E-state index contributed by atoms with van der Waals surface area (Å²) in [5.41, 5.74) is 2.91. The zero-order chi connectivity index (χ0) is 23.0. The average Bonchev–Trinajstić information content (AvgIpc) is 3.29. The summed E-state index contributed by atoms with van der Waals surface area (Å²) >= 11 is 0. The van der Waals surface area contributed by atoms with Gasteiger partial charge in [-0.25, -0.2) is 12.8 Å². The van der Waals surface area contributed by atoms with E-state index < -0.39 is 16.1 Å². The topological polar surface area (TPSA) is 69.6 Å². The predicted molar refractivity (Wildman–Crippen MR) is 125 cm³/mol. The fraction of sp³-hybridized carbons (Fsp3) is 0.231. The van der Waals surface area contributed by atoms with Crippen molar-refractivity contribution in [3.05, 3.63) is 95.3 Å². The number of benzene rings is 3. The summed E-state index contributed by atoms with van der Waals surface area (Å²) in [7, 11) is -3.71. The molecule has 0 unspecified atom stereocenters. The first-order valence-corrected chi connectivity index (χ1v) is 12.3. The van der Waals surface area contributed by atoms with E-state index in [9.17, 15) is 17.9 Å². The highest BCUT2D eigenvalue weighted by Gasteiger charge is 2.48. The van der Waals surface area contributed by atoms with Gasteiger partial charge in [0.2, 0.25) is 10.0 Å². The van der Waals surface area contributed by atoms with E-state index >= 15 is 0 Å². The van der Waals surface area contributed by atoms with Gasteiger partial charge in [0.25, 0.3) is 0 Å². The lowest BCUT2D eigenvalue weighted by molar-refractivity contribution is 0.210. The summed E-state index contributed by atoms with van der Waals surface area (Å²) in [4.78, 5) is 0.258. The van der Waals surface area contributed by atoms with Crippen LogP contribution in [-0.4, -0.2) is 37.0 Å². The molecular weight excluding hydrogens is 439 g/mol. The predicted octanol–water partition coefficient (Wildman–Crippen LogP) is 3.76. The molecule has 1 saturated heterocycles. The van der Waals surface area contributed by atoms with Crippen molar-refractivity contribution in [3.63, 3.8) is 0 Å². The average molecular weight is 463 g/mol. The number of fused-ring (bicyclic) bond motifs is 3. The Kier molecular flexibility index (Phi) is 5.67. The third-order valence-corrected chi connectivity index (χ3v) is 8.24. The summed E-state index contributed by atoms with van der Waals surface area (Å²) in [6.07, 6.45) is 0.646. The van der Waals surface area contributed by atoms with Gasteiger partial charge in [-0.3, -0.25) is 0 Å². The lowest BCUT2D eigenvalue weighted by Gasteiger charge is -2.38. The van der Waals surface area contributed by atoms with Gasteiger partial charge in [-0.2, -0.15) is 4.31 Å². The highest BCUT2D eigenvalue weighted by atomic mass is 32.2. The number of nitrogens with zero attached hydrogens (tertiary/aromatic N) is 1. The minimum Gasteiger partial charge on any atom is -0.394 e. The number of rotatable bonds is 3. The molecule has 2 aliphatic heterocycles. The zero-order valence-electron chi connectivity index (χ0n) is 17.8. The van der Waals surface area contributed by atoms with E-state index in [4.69, 9.17) is 0 Å². The number of anilines is 1. The minimum atomic E-state index is -3.71. The van der Waals surface area contributed by atoms with Gasteiger partial charge in [-0.15, -0.1) is 0 Å². The highest BCUT2D eigenvalue weighted by Crippen LogP contribution is 2.48. The molecule has 168 valence electrons. The maximum atomic E-state index is 13.5. The van der Waals surface area contributed by atoms with Crippen LogP contribution in [0.1, 0.15) is 29.2 Å². The van der Waals surface area contributed by atoms with Crippen molar-refractivity contribution in [3.8, 4) is 11.8 Å². The third kappa shape index (κ3) is 4.02. The summed E-state index contributed by atoms with van der Waals surface area (Å²) in [5, 5.41) is 13.3. The molecule has 0 radical (unpaired) electrons. The summed E-state index contributed by atoms with van der Waals surface area (Å²) < 4.78 is 42.0. The van der Waals surface area contributed by atoms with Crippen LogP contribution in [-0.2, 0) is 10.0 Å². The van der Waals surface area contributed by atoms with Gasteiger partial charge in [-0.1, -0.05) is 36.1 Å². The highest BCUT2D eigenvalue weighted by molar-refractivity contribution is 7.89. The van der Waals surface area contributed by atoms with Gasteiger partial charge >= 0.3 is 0 Å². The molecule has 0 amide bonds. The van der Waals surface area contributed by atoms with Crippen LogP contribution in [0.4, 0.5) is 10.1 Å². The molecule has 2 aliphatic rings. The van der Waals surface area contributed by atoms with E-state index in [1.54, 1.807) is 46.8 Å². The zero-order valence-corrected chi connectivity index (χ0v) is 18.6. The Morgan fingerprint density at radius 3 is 2.48 bits per heavy atom. The van der Waals surface area contributed by atoms with E-state index in [-0.39, 0.29) is 29.3 Å². The van der Waals surface area contributed by atoms with E-state index in [2.05, 4.69) is 17.2 Å². The van der Waals surface area contributed by atoms with E-state index in [0.29, 0.717) is 24.1 Å². The van der Waals surface area contributed by atoms with Crippen molar-refractivity contribution in [2.24, 2.45) is 5.92 Å². The first-order chi connectivity index (χ1) is 16.0. The van der Waals surface area contributed by atoms with Gasteiger partial charge in [-0.05, 0) is 60.5 Å². The van der Waals surface area contributed by atoms with Gasteiger partial charge in [0.05, 0.1) is 23.6 Å². The minimum absolute atomic E-state index is 0.0626. The first-order valence-electron chi connectivity index (χ1n) is 10.8. The Balaban J connectivity index is 1.56. The molecule has 2 heterocycles. The first kappa shape index (κ1) is 21.7. The van der Waals surface area contributed by atoms with Crippen molar-refractivity contribution in [2.45, 2.75) is 23.4 Å². The monoisotopic (exact) mass is 462 g/mol. The number of aliphatic hydroxyl groups is 1. The Labute approximate surface area is 192 Å². The Bertz CT molecular complexity index is 1350. The Hall–Kier alpha value is -3.18. The normalized spacial score (nSPS) is 21.9. The van der Waals surface area contributed by atoms with E-state index in [1.165, 1.54) is 12.1 Å². The van der Waals surface area contributed by atoms with Crippen LogP contribution >= 0.6 is 0 Å². The van der Waals surface area contributed by atoms with Crippen molar-refractivity contribution < 1.29 is 17.9 Å². The number of aliphatic hydroxyl groups excluding tert-OH is 1. The SMILES string of the molecule is O=S(=O)(c1ccccc1)N1CC[C@@H]2[C@H](CO)Nc3ccc(C#Cc4cccc(F)c4)cc3[C@@H]21. The van der Waals surface area contributed by atoms with Crippen molar-refractivity contribution in [2.75, 3.05) is 18.5 Å². The smallest absolute Gasteiger partial charge is 0.243 e. The maximum absolute atomic E-state index is 13.5. The molecule has 3 aromatic carbocycles. The summed E-state index contributed by atoms with van der Waals surface area (Å²) in [6.45, 7) is 0.296. The van der Waals surface area contributed by atoms with Gasteiger partial charge in [0.1, 0.15) is 5.82 Å². The standard InChI is InChI=1S/C26H23FN2O3S/c27-20-6-4-5-18(15-20)9-10-19-11-12-24-23(16-19)26-22(25(17-30)28-24)13-14-29(26)33(31,32)21-7-2-1-3-8-21/h1-8,11-12,15-16,22,25-26,28,30H,13-14,17H2/t22-,25+,26-/m1/s1. The second-order valence-corrected chi connectivity index (χ2v) is 10.2.